The van der Waals surface area contributed by atoms with Crippen LogP contribution in [0.1, 0.15) is 18.4 Å². The van der Waals surface area contributed by atoms with Crippen molar-refractivity contribution in [3.63, 3.8) is 0 Å². The molecule has 0 bridgehead atoms. The quantitative estimate of drug-likeness (QED) is 0.633. The molecule has 4 nitrogen and oxygen atoms in total. The zero-order valence-corrected chi connectivity index (χ0v) is 12.2. The fraction of sp³-hybridized carbons (Fsp3) is 0.294. The Labute approximate surface area is 124 Å². The highest BCUT2D eigenvalue weighted by atomic mass is 16.5. The third kappa shape index (κ3) is 3.05. The lowest BCUT2D eigenvalue weighted by molar-refractivity contribution is -0.169. The van der Waals surface area contributed by atoms with Crippen molar-refractivity contribution in [3.8, 4) is 0 Å². The average molecular weight is 286 g/mol. The van der Waals surface area contributed by atoms with Crippen LogP contribution in [0.3, 0.4) is 0 Å². The average Bonchev–Trinajstić information content (AvgIpc) is 2.54. The Hall–Kier alpha value is -2.36. The second-order valence-electron chi connectivity index (χ2n) is 4.98. The molecule has 0 spiro atoms. The fourth-order valence-electron chi connectivity index (χ4n) is 2.54. The molecule has 2 rings (SSSR count). The van der Waals surface area contributed by atoms with Gasteiger partial charge in [-0.1, -0.05) is 48.6 Å². The molecular weight excluding hydrogens is 268 g/mol. The Balaban J connectivity index is 2.35. The first kappa shape index (κ1) is 15.0. The highest BCUT2D eigenvalue weighted by Crippen LogP contribution is 2.38. The molecule has 0 fully saturated rings. The van der Waals surface area contributed by atoms with Crippen molar-refractivity contribution in [2.45, 2.75) is 12.8 Å². The number of benzene rings is 1. The van der Waals surface area contributed by atoms with Gasteiger partial charge in [0, 0.05) is 0 Å². The van der Waals surface area contributed by atoms with Gasteiger partial charge >= 0.3 is 11.9 Å². The van der Waals surface area contributed by atoms with Crippen molar-refractivity contribution in [2.75, 3.05) is 14.2 Å². The van der Waals surface area contributed by atoms with E-state index in [-0.39, 0.29) is 6.42 Å². The lowest BCUT2D eigenvalue weighted by atomic mass is 9.74. The lowest BCUT2D eigenvalue weighted by Crippen LogP contribution is -2.42. The van der Waals surface area contributed by atoms with Crippen LogP contribution >= 0.6 is 0 Å². The number of carbonyl (C=O) groups excluding carboxylic acids is 2. The Morgan fingerprint density at radius 3 is 2.29 bits per heavy atom. The van der Waals surface area contributed by atoms with Crippen LogP contribution < -0.4 is 0 Å². The number of carbonyl (C=O) groups is 2. The lowest BCUT2D eigenvalue weighted by Gasteiger charge is -2.30. The molecule has 1 aliphatic carbocycles. The predicted octanol–water partition coefficient (Wildman–Crippen LogP) is 2.75. The summed E-state index contributed by atoms with van der Waals surface area (Å²) >= 11 is 0. The molecular formula is C17H18O4. The van der Waals surface area contributed by atoms with Gasteiger partial charge in [0.1, 0.15) is 0 Å². The van der Waals surface area contributed by atoms with E-state index in [0.29, 0.717) is 6.42 Å². The molecule has 4 heteroatoms. The van der Waals surface area contributed by atoms with Crippen molar-refractivity contribution < 1.29 is 19.1 Å². The molecule has 0 saturated carbocycles. The molecule has 0 atom stereocenters. The van der Waals surface area contributed by atoms with Crippen molar-refractivity contribution >= 4 is 18.0 Å². The molecule has 0 heterocycles. The Morgan fingerprint density at radius 1 is 1.10 bits per heavy atom. The largest absolute Gasteiger partial charge is 0.468 e. The van der Waals surface area contributed by atoms with Gasteiger partial charge in [-0.25, -0.2) is 0 Å². The van der Waals surface area contributed by atoms with Gasteiger partial charge in [0.05, 0.1) is 14.2 Å². The molecule has 0 saturated heterocycles. The standard InChI is InChI=1S/C17H18O4/c1-20-15(18)17(16(19)21-2)10-6-9-14(12-17)11-13-7-4-3-5-8-13/h3-9,11H,10,12H2,1-2H3/b14-11+. The van der Waals surface area contributed by atoms with Crippen LogP contribution in [0, 0.1) is 5.41 Å². The van der Waals surface area contributed by atoms with Gasteiger partial charge in [-0.15, -0.1) is 0 Å². The van der Waals surface area contributed by atoms with E-state index in [0.717, 1.165) is 11.1 Å². The molecule has 0 amide bonds. The summed E-state index contributed by atoms with van der Waals surface area (Å²) in [5.41, 5.74) is 0.629. The van der Waals surface area contributed by atoms with Gasteiger partial charge in [-0.05, 0) is 24.0 Å². The molecule has 0 aliphatic heterocycles. The number of hydrogen-bond acceptors (Lipinski definition) is 4. The monoisotopic (exact) mass is 286 g/mol. The SMILES string of the molecule is COC(=O)C1(C(=O)OC)CC=C/C(=C\c2ccccc2)C1. The predicted molar refractivity (Wildman–Crippen MR) is 79.3 cm³/mol. The van der Waals surface area contributed by atoms with Gasteiger partial charge in [0.25, 0.3) is 0 Å². The minimum absolute atomic E-state index is 0.276. The maximum absolute atomic E-state index is 12.1. The summed E-state index contributed by atoms with van der Waals surface area (Å²) in [6.45, 7) is 0. The van der Waals surface area contributed by atoms with Gasteiger partial charge < -0.3 is 9.47 Å². The van der Waals surface area contributed by atoms with E-state index in [2.05, 4.69) is 0 Å². The first-order chi connectivity index (χ1) is 10.1. The second-order valence-corrected chi connectivity index (χ2v) is 4.98. The summed E-state index contributed by atoms with van der Waals surface area (Å²) in [5, 5.41) is 0. The minimum atomic E-state index is -1.28. The van der Waals surface area contributed by atoms with Gasteiger partial charge in [-0.3, -0.25) is 9.59 Å². The molecule has 1 aliphatic rings. The number of hydrogen-bond donors (Lipinski definition) is 0. The van der Waals surface area contributed by atoms with E-state index >= 15 is 0 Å². The van der Waals surface area contributed by atoms with Crippen LogP contribution in [0.15, 0.2) is 48.1 Å². The van der Waals surface area contributed by atoms with E-state index in [9.17, 15) is 9.59 Å². The van der Waals surface area contributed by atoms with Crippen LogP contribution in [-0.4, -0.2) is 26.2 Å². The van der Waals surface area contributed by atoms with Crippen molar-refractivity contribution in [3.05, 3.63) is 53.6 Å². The number of esters is 2. The Bertz CT molecular complexity index is 568. The third-order valence-electron chi connectivity index (χ3n) is 3.61. The fourth-order valence-corrected chi connectivity index (χ4v) is 2.54. The number of methoxy groups -OCH3 is 2. The van der Waals surface area contributed by atoms with E-state index in [1.54, 1.807) is 0 Å². The summed E-state index contributed by atoms with van der Waals surface area (Å²) in [6, 6.07) is 9.74. The number of allylic oxidation sites excluding steroid dienone is 3. The molecule has 0 aromatic heterocycles. The van der Waals surface area contributed by atoms with Gasteiger partial charge in [0.2, 0.25) is 0 Å². The van der Waals surface area contributed by atoms with Crippen molar-refractivity contribution in [2.24, 2.45) is 5.41 Å². The van der Waals surface area contributed by atoms with E-state index in [4.69, 9.17) is 9.47 Å². The van der Waals surface area contributed by atoms with E-state index in [1.165, 1.54) is 14.2 Å². The topological polar surface area (TPSA) is 52.6 Å². The summed E-state index contributed by atoms with van der Waals surface area (Å²) in [4.78, 5) is 24.2. The van der Waals surface area contributed by atoms with Crippen LogP contribution in [0.2, 0.25) is 0 Å². The van der Waals surface area contributed by atoms with Crippen LogP contribution in [0.4, 0.5) is 0 Å². The molecule has 0 unspecified atom stereocenters. The van der Waals surface area contributed by atoms with Crippen LogP contribution in [0.5, 0.6) is 0 Å². The van der Waals surface area contributed by atoms with Gasteiger partial charge in [-0.2, -0.15) is 0 Å². The summed E-state index contributed by atoms with van der Waals surface area (Å²) in [6.07, 6.45) is 6.26. The molecule has 0 radical (unpaired) electrons. The van der Waals surface area contributed by atoms with Gasteiger partial charge in [0.15, 0.2) is 5.41 Å². The first-order valence-corrected chi connectivity index (χ1v) is 6.71. The first-order valence-electron chi connectivity index (χ1n) is 6.71. The zero-order valence-electron chi connectivity index (χ0n) is 12.2. The maximum Gasteiger partial charge on any atom is 0.323 e. The normalized spacial score (nSPS) is 18.3. The van der Waals surface area contributed by atoms with Crippen molar-refractivity contribution in [1.82, 2.24) is 0 Å². The maximum atomic E-state index is 12.1. The second kappa shape index (κ2) is 6.39. The highest BCUT2D eigenvalue weighted by molar-refractivity contribution is 6.01. The number of ether oxygens (including phenoxy) is 2. The van der Waals surface area contributed by atoms with Crippen LogP contribution in [0.25, 0.3) is 6.08 Å². The van der Waals surface area contributed by atoms with E-state index < -0.39 is 17.4 Å². The summed E-state index contributed by atoms with van der Waals surface area (Å²) < 4.78 is 9.63. The zero-order chi connectivity index (χ0) is 15.3. The molecule has 21 heavy (non-hydrogen) atoms. The summed E-state index contributed by atoms with van der Waals surface area (Å²) in [7, 11) is 2.57. The van der Waals surface area contributed by atoms with E-state index in [1.807, 2.05) is 48.6 Å². The smallest absolute Gasteiger partial charge is 0.323 e. The Morgan fingerprint density at radius 2 is 1.71 bits per heavy atom. The van der Waals surface area contributed by atoms with Crippen molar-refractivity contribution in [1.29, 1.82) is 0 Å². The molecule has 0 N–H and O–H groups in total. The number of rotatable bonds is 3. The molecule has 1 aromatic carbocycles. The highest BCUT2D eigenvalue weighted by Gasteiger charge is 2.48. The van der Waals surface area contributed by atoms with Crippen LogP contribution in [-0.2, 0) is 19.1 Å². The molecule has 1 aromatic rings. The summed E-state index contributed by atoms with van der Waals surface area (Å²) in [5.74, 6) is -1.12. The Kier molecular flexibility index (Phi) is 4.58. The molecule has 110 valence electrons. The minimum Gasteiger partial charge on any atom is -0.468 e. The third-order valence-corrected chi connectivity index (χ3v) is 3.61.